The fraction of sp³-hybridized carbons (Fsp3) is 0.375. The zero-order valence-electron chi connectivity index (χ0n) is 12.4. The van der Waals surface area contributed by atoms with Gasteiger partial charge in [-0.1, -0.05) is 12.1 Å². The van der Waals surface area contributed by atoms with Crippen molar-refractivity contribution in [3.8, 4) is 0 Å². The maximum atomic E-state index is 12.6. The van der Waals surface area contributed by atoms with E-state index in [1.165, 1.54) is 5.06 Å². The Bertz CT molecular complexity index is 727. The smallest absolute Gasteiger partial charge is 0.278 e. The number of aliphatic hydroxyl groups excluding tert-OH is 1. The van der Waals surface area contributed by atoms with Gasteiger partial charge in [0.25, 0.3) is 5.91 Å². The molecule has 1 aromatic carbocycles. The summed E-state index contributed by atoms with van der Waals surface area (Å²) in [4.78, 5) is 22.4. The van der Waals surface area contributed by atoms with Crippen LogP contribution in [-0.2, 0) is 4.84 Å². The second-order valence-electron chi connectivity index (χ2n) is 5.53. The number of aryl methyl sites for hydroxylation is 3. The first-order valence-corrected chi connectivity index (χ1v) is 6.98. The van der Waals surface area contributed by atoms with Crippen molar-refractivity contribution >= 4 is 16.8 Å². The lowest BCUT2D eigenvalue weighted by atomic mass is 10.0. The molecule has 1 aliphatic rings. The number of hydrogen-bond donors (Lipinski definition) is 1. The third-order valence-electron chi connectivity index (χ3n) is 3.89. The van der Waals surface area contributed by atoms with E-state index in [4.69, 9.17) is 4.84 Å². The number of carbonyl (C=O) groups is 1. The minimum Gasteiger partial charge on any atom is -0.389 e. The Labute approximate surface area is 123 Å². The molecule has 2 heterocycles. The number of rotatable bonds is 1. The van der Waals surface area contributed by atoms with Gasteiger partial charge < -0.3 is 5.11 Å². The van der Waals surface area contributed by atoms with Crippen LogP contribution >= 0.6 is 0 Å². The van der Waals surface area contributed by atoms with E-state index in [0.29, 0.717) is 5.56 Å². The van der Waals surface area contributed by atoms with Crippen molar-refractivity contribution in [2.45, 2.75) is 26.9 Å². The first-order chi connectivity index (χ1) is 9.97. The van der Waals surface area contributed by atoms with Crippen molar-refractivity contribution in [2.75, 3.05) is 13.2 Å². The average molecular weight is 286 g/mol. The van der Waals surface area contributed by atoms with E-state index in [1.54, 1.807) is 6.07 Å². The summed E-state index contributed by atoms with van der Waals surface area (Å²) in [5.41, 5.74) is 4.42. The maximum Gasteiger partial charge on any atom is 0.278 e. The van der Waals surface area contributed by atoms with Crippen LogP contribution in [0, 0.1) is 20.8 Å². The quantitative estimate of drug-likeness (QED) is 0.870. The van der Waals surface area contributed by atoms with Gasteiger partial charge in [0.1, 0.15) is 12.7 Å². The van der Waals surface area contributed by atoms with Crippen LogP contribution in [0.2, 0.25) is 0 Å². The number of fused-ring (bicyclic) bond motifs is 1. The zero-order valence-corrected chi connectivity index (χ0v) is 12.4. The lowest BCUT2D eigenvalue weighted by molar-refractivity contribution is -0.0778. The van der Waals surface area contributed by atoms with Gasteiger partial charge >= 0.3 is 0 Å². The molecule has 1 amide bonds. The van der Waals surface area contributed by atoms with E-state index in [9.17, 15) is 9.90 Å². The molecule has 1 saturated heterocycles. The number of amides is 1. The Hall–Kier alpha value is -1.98. The van der Waals surface area contributed by atoms with E-state index in [1.807, 2.05) is 32.9 Å². The summed E-state index contributed by atoms with van der Waals surface area (Å²) in [6.45, 7) is 6.27. The maximum absolute atomic E-state index is 12.6. The van der Waals surface area contributed by atoms with Crippen LogP contribution in [0.5, 0.6) is 0 Å². The van der Waals surface area contributed by atoms with Crippen LogP contribution in [-0.4, -0.2) is 40.3 Å². The van der Waals surface area contributed by atoms with Gasteiger partial charge in [0.05, 0.1) is 17.6 Å². The minimum absolute atomic E-state index is 0.159. The summed E-state index contributed by atoms with van der Waals surface area (Å²) in [6.07, 6.45) is -0.618. The van der Waals surface area contributed by atoms with Gasteiger partial charge in [0, 0.05) is 11.1 Å². The molecule has 1 fully saturated rings. The monoisotopic (exact) mass is 286 g/mol. The SMILES string of the molecule is Cc1cc(C(=O)N2C[C@H](O)CO2)c2ccc(C)c(C)c2n1. The van der Waals surface area contributed by atoms with Gasteiger partial charge in [0.15, 0.2) is 0 Å². The van der Waals surface area contributed by atoms with Crippen molar-refractivity contribution < 1.29 is 14.7 Å². The van der Waals surface area contributed by atoms with Gasteiger partial charge in [-0.25, -0.2) is 5.06 Å². The van der Waals surface area contributed by atoms with Gasteiger partial charge in [-0.05, 0) is 38.0 Å². The summed E-state index contributed by atoms with van der Waals surface area (Å²) in [5, 5.41) is 11.6. The molecule has 0 unspecified atom stereocenters. The highest BCUT2D eigenvalue weighted by Gasteiger charge is 2.28. The lowest BCUT2D eigenvalue weighted by Crippen LogP contribution is -2.28. The molecule has 2 aromatic rings. The fourth-order valence-electron chi connectivity index (χ4n) is 2.58. The molecule has 0 radical (unpaired) electrons. The van der Waals surface area contributed by atoms with Crippen molar-refractivity contribution in [3.63, 3.8) is 0 Å². The van der Waals surface area contributed by atoms with Crippen LogP contribution in [0.3, 0.4) is 0 Å². The summed E-state index contributed by atoms with van der Waals surface area (Å²) in [6, 6.07) is 5.68. The molecule has 1 aromatic heterocycles. The third-order valence-corrected chi connectivity index (χ3v) is 3.89. The van der Waals surface area contributed by atoms with Crippen molar-refractivity contribution in [1.82, 2.24) is 10.0 Å². The third kappa shape index (κ3) is 2.39. The van der Waals surface area contributed by atoms with E-state index < -0.39 is 6.10 Å². The van der Waals surface area contributed by atoms with Gasteiger partial charge in [-0.3, -0.25) is 14.6 Å². The molecule has 110 valence electrons. The Morgan fingerprint density at radius 3 is 2.81 bits per heavy atom. The normalized spacial score (nSPS) is 18.5. The molecule has 0 bridgehead atoms. The van der Waals surface area contributed by atoms with Gasteiger partial charge in [-0.2, -0.15) is 0 Å². The first kappa shape index (κ1) is 14.0. The summed E-state index contributed by atoms with van der Waals surface area (Å²) in [5.74, 6) is -0.231. The molecule has 1 N–H and O–H groups in total. The highest BCUT2D eigenvalue weighted by Crippen LogP contribution is 2.25. The van der Waals surface area contributed by atoms with E-state index in [-0.39, 0.29) is 19.1 Å². The molecular formula is C16H18N2O3. The van der Waals surface area contributed by atoms with E-state index in [2.05, 4.69) is 4.98 Å². The molecule has 1 aliphatic heterocycles. The molecule has 0 saturated carbocycles. The molecule has 3 rings (SSSR count). The zero-order chi connectivity index (χ0) is 15.1. The number of β-amino-alcohol motifs (C(OH)–C–C–N with tert-alkyl or cyclic N) is 1. The second kappa shape index (κ2) is 5.09. The van der Waals surface area contributed by atoms with Crippen LogP contribution in [0.25, 0.3) is 10.9 Å². The Balaban J connectivity index is 2.14. The minimum atomic E-state index is -0.618. The van der Waals surface area contributed by atoms with Crippen LogP contribution in [0.4, 0.5) is 0 Å². The Morgan fingerprint density at radius 1 is 1.38 bits per heavy atom. The largest absolute Gasteiger partial charge is 0.389 e. The summed E-state index contributed by atoms with van der Waals surface area (Å²) in [7, 11) is 0. The molecule has 0 aliphatic carbocycles. The van der Waals surface area contributed by atoms with Crippen LogP contribution < -0.4 is 0 Å². The Kier molecular flexibility index (Phi) is 3.39. The highest BCUT2D eigenvalue weighted by atomic mass is 16.7. The summed E-state index contributed by atoms with van der Waals surface area (Å²) < 4.78 is 0. The van der Waals surface area contributed by atoms with Crippen molar-refractivity contribution in [3.05, 3.63) is 40.6 Å². The average Bonchev–Trinajstić information content (AvgIpc) is 2.88. The first-order valence-electron chi connectivity index (χ1n) is 6.98. The summed E-state index contributed by atoms with van der Waals surface area (Å²) >= 11 is 0. The number of hydroxylamine groups is 2. The number of benzene rings is 1. The standard InChI is InChI=1S/C16H18N2O3/c1-9-4-5-13-14(6-10(2)17-15(13)11(9)3)16(20)18-7-12(19)8-21-18/h4-6,12,19H,7-8H2,1-3H3/t12-/m0/s1. The number of pyridine rings is 1. The van der Waals surface area contributed by atoms with Crippen LogP contribution in [0.15, 0.2) is 18.2 Å². The molecule has 1 atom stereocenters. The van der Waals surface area contributed by atoms with Gasteiger partial charge in [0.2, 0.25) is 0 Å². The molecule has 0 spiro atoms. The van der Waals surface area contributed by atoms with Crippen LogP contribution in [0.1, 0.15) is 27.2 Å². The van der Waals surface area contributed by atoms with Crippen molar-refractivity contribution in [1.29, 1.82) is 0 Å². The molecule has 5 heteroatoms. The molecule has 21 heavy (non-hydrogen) atoms. The highest BCUT2D eigenvalue weighted by molar-refractivity contribution is 6.06. The van der Waals surface area contributed by atoms with Crippen molar-refractivity contribution in [2.24, 2.45) is 0 Å². The van der Waals surface area contributed by atoms with Gasteiger partial charge in [-0.15, -0.1) is 0 Å². The number of nitrogens with zero attached hydrogens (tertiary/aromatic N) is 2. The lowest BCUT2D eigenvalue weighted by Gasteiger charge is -2.16. The van der Waals surface area contributed by atoms with E-state index in [0.717, 1.165) is 27.7 Å². The fourth-order valence-corrected chi connectivity index (χ4v) is 2.58. The predicted molar refractivity (Wildman–Crippen MR) is 78.9 cm³/mol. The second-order valence-corrected chi connectivity index (χ2v) is 5.53. The number of aromatic nitrogens is 1. The molecule has 5 nitrogen and oxygen atoms in total. The topological polar surface area (TPSA) is 62.7 Å². The molecular weight excluding hydrogens is 268 g/mol. The number of hydrogen-bond acceptors (Lipinski definition) is 4. The Morgan fingerprint density at radius 2 is 2.14 bits per heavy atom. The number of carbonyl (C=O) groups excluding carboxylic acids is 1. The van der Waals surface area contributed by atoms with E-state index >= 15 is 0 Å². The number of aliphatic hydroxyl groups is 1. The predicted octanol–water partition coefficient (Wildman–Crippen LogP) is 1.91.